The third-order valence-corrected chi connectivity index (χ3v) is 4.52. The van der Waals surface area contributed by atoms with Crippen molar-refractivity contribution >= 4 is 11.8 Å². The van der Waals surface area contributed by atoms with Gasteiger partial charge in [-0.3, -0.25) is 9.59 Å². The van der Waals surface area contributed by atoms with Gasteiger partial charge in [0.05, 0.1) is 5.56 Å². The van der Waals surface area contributed by atoms with Gasteiger partial charge < -0.3 is 20.4 Å². The number of carbonyl (C=O) groups is 2. The smallest absolute Gasteiger partial charge is 0.257 e. The van der Waals surface area contributed by atoms with Gasteiger partial charge in [-0.15, -0.1) is 0 Å². The highest BCUT2D eigenvalue weighted by Gasteiger charge is 2.41. The van der Waals surface area contributed by atoms with Gasteiger partial charge >= 0.3 is 0 Å². The van der Waals surface area contributed by atoms with Crippen LogP contribution in [-0.4, -0.2) is 46.6 Å². The van der Waals surface area contributed by atoms with Crippen LogP contribution < -0.4 is 5.32 Å². The zero-order valence-corrected chi connectivity index (χ0v) is 11.6. The van der Waals surface area contributed by atoms with E-state index in [2.05, 4.69) is 5.32 Å². The van der Waals surface area contributed by atoms with Crippen LogP contribution in [0.4, 0.5) is 0 Å². The van der Waals surface area contributed by atoms with Crippen molar-refractivity contribution in [3.05, 3.63) is 23.8 Å². The highest BCUT2D eigenvalue weighted by Crippen LogP contribution is 2.38. The molecule has 1 aromatic carbocycles. The van der Waals surface area contributed by atoms with E-state index < -0.39 is 0 Å². The highest BCUT2D eigenvalue weighted by atomic mass is 16.3. The molecular weight excluding hydrogens is 272 g/mol. The molecule has 2 saturated heterocycles. The van der Waals surface area contributed by atoms with Crippen LogP contribution in [0, 0.1) is 5.41 Å². The monoisotopic (exact) mass is 290 g/mol. The molecule has 6 nitrogen and oxygen atoms in total. The van der Waals surface area contributed by atoms with Crippen molar-refractivity contribution in [2.75, 3.05) is 19.6 Å². The summed E-state index contributed by atoms with van der Waals surface area (Å²) in [5.41, 5.74) is 0.0981. The quantitative estimate of drug-likeness (QED) is 0.669. The molecule has 0 bridgehead atoms. The fourth-order valence-electron chi connectivity index (χ4n) is 3.16. The minimum atomic E-state index is -0.282. The molecule has 6 heteroatoms. The molecule has 3 rings (SSSR count). The first kappa shape index (κ1) is 13.7. The lowest BCUT2D eigenvalue weighted by molar-refractivity contribution is -0.119. The Morgan fingerprint density at radius 3 is 2.57 bits per heavy atom. The van der Waals surface area contributed by atoms with Crippen LogP contribution in [0.5, 0.6) is 11.5 Å². The van der Waals surface area contributed by atoms with Crippen molar-refractivity contribution in [3.8, 4) is 11.5 Å². The summed E-state index contributed by atoms with van der Waals surface area (Å²) in [6, 6.07) is 3.93. The number of likely N-dealkylation sites (tertiary alicyclic amines) is 1. The van der Waals surface area contributed by atoms with E-state index >= 15 is 0 Å². The van der Waals surface area contributed by atoms with E-state index in [1.807, 2.05) is 0 Å². The summed E-state index contributed by atoms with van der Waals surface area (Å²) in [5, 5.41) is 22.1. The van der Waals surface area contributed by atoms with Crippen LogP contribution in [0.2, 0.25) is 0 Å². The summed E-state index contributed by atoms with van der Waals surface area (Å²) in [4.78, 5) is 25.5. The van der Waals surface area contributed by atoms with E-state index in [9.17, 15) is 19.8 Å². The molecule has 1 spiro atoms. The van der Waals surface area contributed by atoms with Gasteiger partial charge in [-0.25, -0.2) is 0 Å². The molecule has 3 N–H and O–H groups in total. The maximum absolute atomic E-state index is 12.4. The zero-order chi connectivity index (χ0) is 15.0. The molecule has 0 atom stereocenters. The van der Waals surface area contributed by atoms with Gasteiger partial charge in [-0.05, 0) is 36.5 Å². The number of amides is 2. The molecule has 21 heavy (non-hydrogen) atoms. The van der Waals surface area contributed by atoms with Crippen molar-refractivity contribution < 1.29 is 19.8 Å². The van der Waals surface area contributed by atoms with Crippen molar-refractivity contribution in [2.45, 2.75) is 19.3 Å². The molecule has 2 heterocycles. The molecule has 0 unspecified atom stereocenters. The second-order valence-electron chi connectivity index (χ2n) is 5.95. The number of hydrogen-bond acceptors (Lipinski definition) is 4. The van der Waals surface area contributed by atoms with E-state index in [1.165, 1.54) is 18.2 Å². The number of piperidine rings is 1. The Morgan fingerprint density at radius 2 is 1.95 bits per heavy atom. The van der Waals surface area contributed by atoms with Gasteiger partial charge in [0.25, 0.3) is 5.91 Å². The summed E-state index contributed by atoms with van der Waals surface area (Å²) in [5.74, 6) is -0.373. The van der Waals surface area contributed by atoms with Crippen molar-refractivity contribution in [1.82, 2.24) is 10.2 Å². The molecular formula is C15H18N2O4. The summed E-state index contributed by atoms with van der Waals surface area (Å²) in [7, 11) is 0. The first-order valence-corrected chi connectivity index (χ1v) is 7.07. The molecule has 2 aliphatic rings. The molecule has 2 amide bonds. The average Bonchev–Trinajstić information content (AvgIpc) is 2.83. The molecule has 0 radical (unpaired) electrons. The molecule has 2 aliphatic heterocycles. The predicted octanol–water partition coefficient (Wildman–Crippen LogP) is 0.840. The summed E-state index contributed by atoms with van der Waals surface area (Å²) >= 11 is 0. The Bertz CT molecular complexity index is 591. The van der Waals surface area contributed by atoms with E-state index in [0.717, 1.165) is 12.8 Å². The maximum atomic E-state index is 12.4. The number of phenols is 2. The van der Waals surface area contributed by atoms with E-state index in [4.69, 9.17) is 0 Å². The Labute approximate surface area is 122 Å². The van der Waals surface area contributed by atoms with E-state index in [0.29, 0.717) is 26.1 Å². The minimum Gasteiger partial charge on any atom is -0.508 e. The number of rotatable bonds is 1. The topological polar surface area (TPSA) is 89.9 Å². The van der Waals surface area contributed by atoms with E-state index in [1.54, 1.807) is 4.90 Å². The van der Waals surface area contributed by atoms with Gasteiger partial charge in [0, 0.05) is 26.1 Å². The first-order valence-electron chi connectivity index (χ1n) is 7.07. The van der Waals surface area contributed by atoms with Gasteiger partial charge in [0.15, 0.2) is 0 Å². The molecule has 0 saturated carbocycles. The highest BCUT2D eigenvalue weighted by molar-refractivity contribution is 5.97. The van der Waals surface area contributed by atoms with Crippen molar-refractivity contribution in [2.24, 2.45) is 5.41 Å². The molecule has 112 valence electrons. The Balaban J connectivity index is 1.70. The van der Waals surface area contributed by atoms with Crippen molar-refractivity contribution in [1.29, 1.82) is 0 Å². The first-order chi connectivity index (χ1) is 9.99. The van der Waals surface area contributed by atoms with Crippen LogP contribution in [0.3, 0.4) is 0 Å². The number of carbonyl (C=O) groups excluding carboxylic acids is 2. The lowest BCUT2D eigenvalue weighted by Gasteiger charge is -2.38. The second-order valence-corrected chi connectivity index (χ2v) is 5.95. The maximum Gasteiger partial charge on any atom is 0.257 e. The van der Waals surface area contributed by atoms with E-state index in [-0.39, 0.29) is 34.3 Å². The number of phenolic OH excluding ortho intramolecular Hbond substituents is 2. The van der Waals surface area contributed by atoms with Crippen LogP contribution in [0.25, 0.3) is 0 Å². The average molecular weight is 290 g/mol. The van der Waals surface area contributed by atoms with Gasteiger partial charge in [0.1, 0.15) is 11.5 Å². The number of benzene rings is 1. The summed E-state index contributed by atoms with van der Waals surface area (Å²) in [6.45, 7) is 1.80. The summed E-state index contributed by atoms with van der Waals surface area (Å²) in [6.07, 6.45) is 2.08. The van der Waals surface area contributed by atoms with Gasteiger partial charge in [-0.1, -0.05) is 0 Å². The largest absolute Gasteiger partial charge is 0.508 e. The van der Waals surface area contributed by atoms with Gasteiger partial charge in [0.2, 0.25) is 5.91 Å². The number of aromatic hydroxyl groups is 2. The lowest BCUT2D eigenvalue weighted by Crippen LogP contribution is -2.44. The minimum absolute atomic E-state index is 0.0191. The van der Waals surface area contributed by atoms with Crippen LogP contribution in [-0.2, 0) is 4.79 Å². The molecule has 0 aromatic heterocycles. The second kappa shape index (κ2) is 4.95. The fraction of sp³-hybridized carbons (Fsp3) is 0.467. The van der Waals surface area contributed by atoms with Crippen LogP contribution in [0.1, 0.15) is 29.6 Å². The van der Waals surface area contributed by atoms with Gasteiger partial charge in [-0.2, -0.15) is 0 Å². The lowest BCUT2D eigenvalue weighted by atomic mass is 9.77. The molecule has 0 aliphatic carbocycles. The third-order valence-electron chi connectivity index (χ3n) is 4.52. The molecule has 1 aromatic rings. The number of nitrogens with zero attached hydrogens (tertiary/aromatic N) is 1. The predicted molar refractivity (Wildman–Crippen MR) is 75.0 cm³/mol. The Hall–Kier alpha value is -2.24. The van der Waals surface area contributed by atoms with Crippen LogP contribution in [0.15, 0.2) is 18.2 Å². The standard InChI is InChI=1S/C15H18N2O4/c18-10-1-2-12(19)11(7-10)14(21)17-5-3-15(4-6-17)8-13(20)16-9-15/h1-2,7,18-19H,3-6,8-9H2,(H,16,20). The normalized spacial score (nSPS) is 20.6. The Kier molecular flexibility index (Phi) is 3.23. The Morgan fingerprint density at radius 1 is 1.24 bits per heavy atom. The number of nitrogens with one attached hydrogen (secondary N) is 1. The van der Waals surface area contributed by atoms with Crippen LogP contribution >= 0.6 is 0 Å². The SMILES string of the molecule is O=C1CC2(CCN(C(=O)c3cc(O)ccc3O)CC2)CN1. The summed E-state index contributed by atoms with van der Waals surface area (Å²) < 4.78 is 0. The van der Waals surface area contributed by atoms with Crippen molar-refractivity contribution in [3.63, 3.8) is 0 Å². The zero-order valence-electron chi connectivity index (χ0n) is 11.6. The third kappa shape index (κ3) is 2.53. The molecule has 2 fully saturated rings. The number of hydrogen-bond donors (Lipinski definition) is 3. The fourth-order valence-corrected chi connectivity index (χ4v) is 3.16.